The van der Waals surface area contributed by atoms with Crippen LogP contribution in [0.4, 0.5) is 0 Å². The predicted molar refractivity (Wildman–Crippen MR) is 80.6 cm³/mol. The SMILES string of the molecule is O=C(N[C@@H]1C[C@@H]2CCN(C2)C1)c1cc2ccc(Cl)n2cn1. The van der Waals surface area contributed by atoms with E-state index in [-0.39, 0.29) is 11.9 Å². The van der Waals surface area contributed by atoms with Gasteiger partial charge in [0.1, 0.15) is 17.2 Å². The first-order valence-corrected chi connectivity index (χ1v) is 7.72. The van der Waals surface area contributed by atoms with Gasteiger partial charge in [-0.05, 0) is 43.5 Å². The average Bonchev–Trinajstić information content (AvgIpc) is 3.02. The van der Waals surface area contributed by atoms with Gasteiger partial charge in [0, 0.05) is 19.1 Å². The number of carbonyl (C=O) groups excluding carboxylic acids is 1. The zero-order valence-electron chi connectivity index (χ0n) is 11.6. The largest absolute Gasteiger partial charge is 0.347 e. The minimum atomic E-state index is -0.0951. The Hall–Kier alpha value is -1.59. The number of nitrogens with one attached hydrogen (secondary N) is 1. The van der Waals surface area contributed by atoms with Gasteiger partial charge in [-0.15, -0.1) is 0 Å². The van der Waals surface area contributed by atoms with Crippen LogP contribution in [-0.4, -0.2) is 45.9 Å². The van der Waals surface area contributed by atoms with Gasteiger partial charge in [-0.25, -0.2) is 4.98 Å². The van der Waals surface area contributed by atoms with Gasteiger partial charge in [0.05, 0.1) is 5.52 Å². The highest BCUT2D eigenvalue weighted by atomic mass is 35.5. The van der Waals surface area contributed by atoms with Crippen molar-refractivity contribution in [2.45, 2.75) is 18.9 Å². The van der Waals surface area contributed by atoms with Gasteiger partial charge in [-0.2, -0.15) is 0 Å². The van der Waals surface area contributed by atoms with Gasteiger partial charge in [0.2, 0.25) is 0 Å². The van der Waals surface area contributed by atoms with Gasteiger partial charge >= 0.3 is 0 Å². The Bertz CT molecular complexity index is 686. The second-order valence-corrected chi connectivity index (χ2v) is 6.43. The number of amides is 1. The number of rotatable bonds is 2. The van der Waals surface area contributed by atoms with E-state index in [1.807, 2.05) is 6.07 Å². The number of hydrogen-bond donors (Lipinski definition) is 1. The molecule has 1 N–H and O–H groups in total. The number of halogens is 1. The van der Waals surface area contributed by atoms with Crippen molar-refractivity contribution < 1.29 is 4.79 Å². The lowest BCUT2D eigenvalue weighted by Gasteiger charge is -2.30. The molecule has 1 amide bonds. The fraction of sp³-hybridized carbons (Fsp3) is 0.467. The summed E-state index contributed by atoms with van der Waals surface area (Å²) in [6, 6.07) is 5.70. The molecule has 6 heteroatoms. The Morgan fingerprint density at radius 2 is 2.29 bits per heavy atom. The van der Waals surface area contributed by atoms with Crippen molar-refractivity contribution in [2.24, 2.45) is 5.92 Å². The Kier molecular flexibility index (Phi) is 3.12. The molecule has 2 aromatic heterocycles. The van der Waals surface area contributed by atoms with Crippen LogP contribution in [0.1, 0.15) is 23.3 Å². The summed E-state index contributed by atoms with van der Waals surface area (Å²) in [6.07, 6.45) is 3.95. The van der Waals surface area contributed by atoms with Crippen LogP contribution in [0, 0.1) is 5.92 Å². The van der Waals surface area contributed by atoms with E-state index in [2.05, 4.69) is 15.2 Å². The molecule has 0 aliphatic carbocycles. The number of carbonyl (C=O) groups is 1. The highest BCUT2D eigenvalue weighted by Gasteiger charge is 2.33. The van der Waals surface area contributed by atoms with E-state index in [0.717, 1.165) is 24.4 Å². The highest BCUT2D eigenvalue weighted by molar-refractivity contribution is 6.30. The summed E-state index contributed by atoms with van der Waals surface area (Å²) in [6.45, 7) is 3.32. The molecule has 5 nitrogen and oxygen atoms in total. The van der Waals surface area contributed by atoms with Crippen molar-refractivity contribution in [3.63, 3.8) is 0 Å². The first-order valence-electron chi connectivity index (χ1n) is 7.35. The summed E-state index contributed by atoms with van der Waals surface area (Å²) in [5, 5.41) is 3.72. The van der Waals surface area contributed by atoms with Crippen molar-refractivity contribution in [1.82, 2.24) is 19.6 Å². The molecule has 2 aliphatic heterocycles. The summed E-state index contributed by atoms with van der Waals surface area (Å²) in [7, 11) is 0. The summed E-state index contributed by atoms with van der Waals surface area (Å²) in [5.41, 5.74) is 1.33. The average molecular weight is 305 g/mol. The Labute approximate surface area is 127 Å². The van der Waals surface area contributed by atoms with Crippen molar-refractivity contribution >= 4 is 23.0 Å². The minimum Gasteiger partial charge on any atom is -0.347 e. The van der Waals surface area contributed by atoms with E-state index in [9.17, 15) is 4.79 Å². The molecule has 0 aromatic carbocycles. The second-order valence-electron chi connectivity index (χ2n) is 6.05. The fourth-order valence-electron chi connectivity index (χ4n) is 3.52. The topological polar surface area (TPSA) is 49.6 Å². The molecular formula is C15H17ClN4O. The molecule has 0 spiro atoms. The first-order chi connectivity index (χ1) is 10.2. The summed E-state index contributed by atoms with van der Waals surface area (Å²) >= 11 is 6.02. The van der Waals surface area contributed by atoms with Crippen LogP contribution in [0.15, 0.2) is 24.5 Å². The normalized spacial score (nSPS) is 28.0. The van der Waals surface area contributed by atoms with Gasteiger partial charge in [0.25, 0.3) is 5.91 Å². The van der Waals surface area contributed by atoms with Crippen LogP contribution in [0.5, 0.6) is 0 Å². The van der Waals surface area contributed by atoms with Crippen LogP contribution in [0.25, 0.3) is 5.52 Å². The highest BCUT2D eigenvalue weighted by Crippen LogP contribution is 2.26. The van der Waals surface area contributed by atoms with E-state index in [4.69, 9.17) is 11.6 Å². The van der Waals surface area contributed by atoms with E-state index in [1.54, 1.807) is 22.9 Å². The van der Waals surface area contributed by atoms with Gasteiger partial charge in [0.15, 0.2) is 0 Å². The van der Waals surface area contributed by atoms with E-state index >= 15 is 0 Å². The lowest BCUT2D eigenvalue weighted by Crippen LogP contribution is -2.47. The lowest BCUT2D eigenvalue weighted by atomic mass is 9.97. The molecule has 1 unspecified atom stereocenters. The van der Waals surface area contributed by atoms with Crippen LogP contribution < -0.4 is 5.32 Å². The number of nitrogens with zero attached hydrogens (tertiary/aromatic N) is 3. The van der Waals surface area contributed by atoms with E-state index in [0.29, 0.717) is 10.8 Å². The Balaban J connectivity index is 1.50. The lowest BCUT2D eigenvalue weighted by molar-refractivity contribution is 0.0904. The molecule has 2 aromatic rings. The molecule has 2 fully saturated rings. The number of aromatic nitrogens is 2. The number of fused-ring (bicyclic) bond motifs is 3. The molecule has 110 valence electrons. The zero-order valence-corrected chi connectivity index (χ0v) is 12.4. The maximum Gasteiger partial charge on any atom is 0.270 e. The standard InChI is InChI=1S/C15H17ClN4O/c16-14-2-1-12-6-13(17-9-20(12)14)15(21)18-11-5-10-3-4-19(7-10)8-11/h1-2,6,9-11H,3-5,7-8H2,(H,18,21)/t10-,11+/m0/s1. The van der Waals surface area contributed by atoms with Crippen molar-refractivity contribution in [1.29, 1.82) is 0 Å². The van der Waals surface area contributed by atoms with Crippen molar-refractivity contribution in [3.8, 4) is 0 Å². The molecule has 0 saturated carbocycles. The fourth-order valence-corrected chi connectivity index (χ4v) is 3.73. The van der Waals surface area contributed by atoms with Crippen molar-refractivity contribution in [3.05, 3.63) is 35.4 Å². The maximum absolute atomic E-state index is 12.4. The quantitative estimate of drug-likeness (QED) is 0.920. The third kappa shape index (κ3) is 2.40. The molecule has 21 heavy (non-hydrogen) atoms. The third-order valence-corrected chi connectivity index (χ3v) is 4.84. The monoisotopic (exact) mass is 304 g/mol. The molecule has 3 atom stereocenters. The van der Waals surface area contributed by atoms with Crippen LogP contribution >= 0.6 is 11.6 Å². The Morgan fingerprint density at radius 1 is 1.38 bits per heavy atom. The third-order valence-electron chi connectivity index (χ3n) is 4.53. The van der Waals surface area contributed by atoms with Gasteiger partial charge < -0.3 is 10.2 Å². The molecule has 2 bridgehead atoms. The molecule has 4 heterocycles. The minimum absolute atomic E-state index is 0.0951. The van der Waals surface area contributed by atoms with Gasteiger partial charge in [-0.1, -0.05) is 11.6 Å². The van der Waals surface area contributed by atoms with Gasteiger partial charge in [-0.3, -0.25) is 9.20 Å². The summed E-state index contributed by atoms with van der Waals surface area (Å²) in [4.78, 5) is 19.0. The molecule has 2 aliphatic rings. The molecular weight excluding hydrogens is 288 g/mol. The predicted octanol–water partition coefficient (Wildman–Crippen LogP) is 1.81. The van der Waals surface area contributed by atoms with E-state index in [1.165, 1.54) is 19.5 Å². The van der Waals surface area contributed by atoms with Crippen LogP contribution in [0.3, 0.4) is 0 Å². The summed E-state index contributed by atoms with van der Waals surface area (Å²) in [5.74, 6) is 0.645. The molecule has 4 rings (SSSR count). The molecule has 0 radical (unpaired) electrons. The van der Waals surface area contributed by atoms with Crippen LogP contribution in [-0.2, 0) is 0 Å². The van der Waals surface area contributed by atoms with Crippen molar-refractivity contribution in [2.75, 3.05) is 19.6 Å². The Morgan fingerprint density at radius 3 is 3.14 bits per heavy atom. The van der Waals surface area contributed by atoms with E-state index < -0.39 is 0 Å². The zero-order chi connectivity index (χ0) is 14.4. The maximum atomic E-state index is 12.4. The molecule has 2 saturated heterocycles. The number of hydrogen-bond acceptors (Lipinski definition) is 3. The number of piperidine rings is 1. The summed E-state index contributed by atoms with van der Waals surface area (Å²) < 4.78 is 1.75. The first kappa shape index (κ1) is 13.1. The van der Waals surface area contributed by atoms with Crippen LogP contribution in [0.2, 0.25) is 5.15 Å². The smallest absolute Gasteiger partial charge is 0.270 e. The second kappa shape index (κ2) is 5.00.